The second-order valence-corrected chi connectivity index (χ2v) is 8.53. The number of carbonyl (C=O) groups excluding carboxylic acids is 1. The van der Waals surface area contributed by atoms with E-state index in [0.29, 0.717) is 5.75 Å². The Morgan fingerprint density at radius 2 is 1.38 bits per heavy atom. The molecule has 4 aliphatic carbocycles. The van der Waals surface area contributed by atoms with Crippen molar-refractivity contribution in [3.63, 3.8) is 0 Å². The van der Waals surface area contributed by atoms with Crippen LogP contribution >= 0.6 is 0 Å². The molecule has 2 aromatic carbocycles. The van der Waals surface area contributed by atoms with Crippen LogP contribution in [0.2, 0.25) is 0 Å². The Balaban J connectivity index is 1.25. The lowest BCUT2D eigenvalue weighted by Crippen LogP contribution is -2.38. The lowest BCUT2D eigenvalue weighted by atomic mass is 9.69. The van der Waals surface area contributed by atoms with E-state index in [-0.39, 0.29) is 11.4 Å². The third kappa shape index (κ3) is 2.70. The van der Waals surface area contributed by atoms with E-state index < -0.39 is 0 Å². The van der Waals surface area contributed by atoms with Crippen molar-refractivity contribution in [2.45, 2.75) is 39.0 Å². The maximum atomic E-state index is 12.9. The molecule has 0 amide bonds. The van der Waals surface area contributed by atoms with Crippen LogP contribution in [0.4, 0.5) is 0 Å². The molecule has 0 aromatic heterocycles. The Morgan fingerprint density at radius 1 is 0.846 bits per heavy atom. The maximum absolute atomic E-state index is 12.9. The second kappa shape index (κ2) is 5.87. The van der Waals surface area contributed by atoms with E-state index in [0.717, 1.165) is 48.5 Å². The minimum absolute atomic E-state index is 0.0124. The minimum atomic E-state index is -0.201. The average molecular weight is 348 g/mol. The van der Waals surface area contributed by atoms with Crippen LogP contribution in [-0.2, 0) is 4.79 Å². The van der Waals surface area contributed by atoms with Gasteiger partial charge in [-0.3, -0.25) is 4.79 Å². The molecule has 4 aliphatic rings. The molecule has 2 aromatic rings. The van der Waals surface area contributed by atoms with Crippen molar-refractivity contribution in [2.24, 2.45) is 23.2 Å². The van der Waals surface area contributed by atoms with Gasteiger partial charge in [0.25, 0.3) is 0 Å². The first kappa shape index (κ1) is 15.9. The quantitative estimate of drug-likeness (QED) is 0.539. The molecular formula is C23H24O3. The molecular weight excluding hydrogens is 324 g/mol. The molecule has 26 heavy (non-hydrogen) atoms. The second-order valence-electron chi connectivity index (χ2n) is 8.53. The van der Waals surface area contributed by atoms with Crippen LogP contribution in [-0.4, -0.2) is 5.97 Å². The first-order valence-corrected chi connectivity index (χ1v) is 9.67. The number of carbonyl (C=O) groups is 1. The zero-order valence-electron chi connectivity index (χ0n) is 15.1. The van der Waals surface area contributed by atoms with Gasteiger partial charge in [0.05, 0.1) is 5.41 Å². The number of rotatable bonds is 4. The third-order valence-electron chi connectivity index (χ3n) is 6.65. The highest BCUT2D eigenvalue weighted by Gasteiger charge is 2.60. The van der Waals surface area contributed by atoms with Gasteiger partial charge in [0.2, 0.25) is 0 Å². The summed E-state index contributed by atoms with van der Waals surface area (Å²) in [5, 5.41) is 0. The predicted octanol–water partition coefficient (Wildman–Crippen LogP) is 5.52. The summed E-state index contributed by atoms with van der Waals surface area (Å²) < 4.78 is 11.6. The highest BCUT2D eigenvalue weighted by molar-refractivity contribution is 5.80. The van der Waals surface area contributed by atoms with Gasteiger partial charge >= 0.3 is 5.97 Å². The van der Waals surface area contributed by atoms with Crippen molar-refractivity contribution in [1.29, 1.82) is 0 Å². The number of aryl methyl sites for hydroxylation is 1. The van der Waals surface area contributed by atoms with E-state index in [1.807, 2.05) is 48.5 Å². The van der Waals surface area contributed by atoms with Crippen molar-refractivity contribution in [3.05, 3.63) is 54.1 Å². The van der Waals surface area contributed by atoms with E-state index in [2.05, 4.69) is 6.92 Å². The number of ether oxygens (including phenoxy) is 2. The molecule has 0 aliphatic heterocycles. The maximum Gasteiger partial charge on any atom is 0.317 e. The van der Waals surface area contributed by atoms with Gasteiger partial charge in [0.1, 0.15) is 17.2 Å². The van der Waals surface area contributed by atoms with E-state index in [4.69, 9.17) is 9.47 Å². The van der Waals surface area contributed by atoms with Gasteiger partial charge < -0.3 is 9.47 Å². The lowest BCUT2D eigenvalue weighted by Gasteiger charge is -2.35. The average Bonchev–Trinajstić information content (AvgIpc) is 3.06. The molecule has 0 heterocycles. The largest absolute Gasteiger partial charge is 0.457 e. The summed E-state index contributed by atoms with van der Waals surface area (Å²) in [6, 6.07) is 15.3. The summed E-state index contributed by atoms with van der Waals surface area (Å²) in [5.74, 6) is 4.44. The lowest BCUT2D eigenvalue weighted by molar-refractivity contribution is -0.148. The van der Waals surface area contributed by atoms with Crippen LogP contribution in [0, 0.1) is 30.1 Å². The Labute approximate surface area is 154 Å². The van der Waals surface area contributed by atoms with Gasteiger partial charge in [-0.1, -0.05) is 17.7 Å². The van der Waals surface area contributed by atoms with Crippen LogP contribution < -0.4 is 9.47 Å². The van der Waals surface area contributed by atoms with Crippen molar-refractivity contribution in [3.8, 4) is 17.2 Å². The topological polar surface area (TPSA) is 35.5 Å². The van der Waals surface area contributed by atoms with Crippen molar-refractivity contribution in [2.75, 3.05) is 0 Å². The highest BCUT2D eigenvalue weighted by Crippen LogP contribution is 2.64. The molecule has 3 nitrogen and oxygen atoms in total. The summed E-state index contributed by atoms with van der Waals surface area (Å²) in [6.07, 6.45) is 5.80. The SMILES string of the molecule is Cc1ccc(Oc2ccc(OC(=O)C34CC5CC(C3)C(C5)C4)cc2)cc1. The fourth-order valence-corrected chi connectivity index (χ4v) is 5.59. The summed E-state index contributed by atoms with van der Waals surface area (Å²) in [5.41, 5.74) is 1.00. The zero-order chi connectivity index (χ0) is 17.7. The van der Waals surface area contributed by atoms with Gasteiger partial charge in [0.15, 0.2) is 0 Å². The summed E-state index contributed by atoms with van der Waals surface area (Å²) in [6.45, 7) is 2.05. The highest BCUT2D eigenvalue weighted by atomic mass is 16.5. The standard InChI is InChI=1S/C23H24O3/c1-15-2-4-19(5-3-15)25-20-6-8-21(9-7-20)26-22(24)23-12-16-10-17(13-23)18(11-16)14-23/h2-9,16-18H,10-14H2,1H3. The minimum Gasteiger partial charge on any atom is -0.457 e. The van der Waals surface area contributed by atoms with Crippen molar-refractivity contribution >= 4 is 5.97 Å². The number of hydrogen-bond donors (Lipinski definition) is 0. The van der Waals surface area contributed by atoms with E-state index >= 15 is 0 Å². The molecule has 0 saturated heterocycles. The van der Waals surface area contributed by atoms with Crippen molar-refractivity contribution in [1.82, 2.24) is 0 Å². The molecule has 0 radical (unpaired) electrons. The fraction of sp³-hybridized carbons (Fsp3) is 0.435. The van der Waals surface area contributed by atoms with E-state index in [9.17, 15) is 4.79 Å². The molecule has 4 saturated carbocycles. The number of esters is 1. The fourth-order valence-electron chi connectivity index (χ4n) is 5.59. The van der Waals surface area contributed by atoms with Gasteiger partial charge in [-0.15, -0.1) is 0 Å². The van der Waals surface area contributed by atoms with Gasteiger partial charge in [-0.2, -0.15) is 0 Å². The normalized spacial score (nSPS) is 31.2. The Bertz CT molecular complexity index is 802. The van der Waals surface area contributed by atoms with Gasteiger partial charge in [-0.05, 0) is 93.2 Å². The zero-order valence-corrected chi connectivity index (χ0v) is 15.1. The Kier molecular flexibility index (Phi) is 3.59. The van der Waals surface area contributed by atoms with Crippen LogP contribution in [0.5, 0.6) is 17.2 Å². The third-order valence-corrected chi connectivity index (χ3v) is 6.65. The summed E-state index contributed by atoms with van der Waals surface area (Å²) in [7, 11) is 0. The number of hydrogen-bond acceptors (Lipinski definition) is 3. The predicted molar refractivity (Wildman–Crippen MR) is 99.3 cm³/mol. The van der Waals surface area contributed by atoms with E-state index in [1.54, 1.807) is 0 Å². The molecule has 4 bridgehead atoms. The number of benzene rings is 2. The summed E-state index contributed by atoms with van der Waals surface area (Å²) >= 11 is 0. The molecule has 2 atom stereocenters. The van der Waals surface area contributed by atoms with Crippen LogP contribution in [0.15, 0.2) is 48.5 Å². The molecule has 134 valence electrons. The summed E-state index contributed by atoms with van der Waals surface area (Å²) in [4.78, 5) is 12.9. The smallest absolute Gasteiger partial charge is 0.317 e. The molecule has 3 heteroatoms. The van der Waals surface area contributed by atoms with Crippen LogP contribution in [0.1, 0.15) is 37.7 Å². The molecule has 6 rings (SSSR count). The van der Waals surface area contributed by atoms with Crippen LogP contribution in [0.25, 0.3) is 0 Å². The monoisotopic (exact) mass is 348 g/mol. The Hall–Kier alpha value is -2.29. The van der Waals surface area contributed by atoms with Crippen molar-refractivity contribution < 1.29 is 14.3 Å². The molecule has 0 spiro atoms. The van der Waals surface area contributed by atoms with Gasteiger partial charge in [0, 0.05) is 0 Å². The molecule has 0 N–H and O–H groups in total. The van der Waals surface area contributed by atoms with Gasteiger partial charge in [-0.25, -0.2) is 0 Å². The van der Waals surface area contributed by atoms with Crippen LogP contribution in [0.3, 0.4) is 0 Å². The molecule has 2 unspecified atom stereocenters. The first-order chi connectivity index (χ1) is 12.6. The molecule has 4 fully saturated rings. The first-order valence-electron chi connectivity index (χ1n) is 9.67. The van der Waals surface area contributed by atoms with E-state index in [1.165, 1.54) is 18.4 Å². The Morgan fingerprint density at radius 3 is 1.96 bits per heavy atom.